The maximum absolute atomic E-state index is 9.22. The molecule has 0 aliphatic carbocycles. The number of ether oxygens (including phenoxy) is 1. The molecule has 1 atom stereocenters. The quantitative estimate of drug-likeness (QED) is 0.650. The average Bonchev–Trinajstić information content (AvgIpc) is 2.26. The monoisotopic (exact) mass is 225 g/mol. The van der Waals surface area contributed by atoms with Crippen LogP contribution in [0.25, 0.3) is 0 Å². The van der Waals surface area contributed by atoms with Gasteiger partial charge in [-0.2, -0.15) is 0 Å². The Balaban J connectivity index is 2.66. The Morgan fingerprint density at radius 2 is 1.88 bits per heavy atom. The van der Waals surface area contributed by atoms with Crippen LogP contribution in [0.4, 0.5) is 5.69 Å². The molecule has 0 aliphatic heterocycles. The van der Waals surface area contributed by atoms with Crippen molar-refractivity contribution in [3.05, 3.63) is 29.8 Å². The lowest BCUT2D eigenvalue weighted by Gasteiger charge is -2.27. The zero-order valence-corrected chi connectivity index (χ0v) is 9.68. The summed E-state index contributed by atoms with van der Waals surface area (Å²) in [5.41, 5.74) is 6.77. The van der Waals surface area contributed by atoms with Crippen molar-refractivity contribution in [2.45, 2.75) is 25.6 Å². The van der Waals surface area contributed by atoms with E-state index in [1.54, 1.807) is 0 Å². The summed E-state index contributed by atoms with van der Waals surface area (Å²) in [5.74, 6) is 0. The van der Waals surface area contributed by atoms with Crippen molar-refractivity contribution in [1.29, 1.82) is 0 Å². The molecule has 0 heterocycles. The van der Waals surface area contributed by atoms with E-state index in [4.69, 9.17) is 15.6 Å². The van der Waals surface area contributed by atoms with Crippen LogP contribution < -0.4 is 5.73 Å². The van der Waals surface area contributed by atoms with Crippen LogP contribution in [0.2, 0.25) is 0 Å². The molecule has 0 aromatic heterocycles. The van der Waals surface area contributed by atoms with Crippen LogP contribution in [0, 0.1) is 0 Å². The van der Waals surface area contributed by atoms with Crippen LogP contribution >= 0.6 is 0 Å². The van der Waals surface area contributed by atoms with E-state index < -0.39 is 11.7 Å². The Hall–Kier alpha value is -1.10. The van der Waals surface area contributed by atoms with Gasteiger partial charge in [0.2, 0.25) is 0 Å². The summed E-state index contributed by atoms with van der Waals surface area (Å²) in [7, 11) is 0. The van der Waals surface area contributed by atoms with Gasteiger partial charge < -0.3 is 20.7 Å². The first-order valence-corrected chi connectivity index (χ1v) is 5.24. The number of benzene rings is 1. The van der Waals surface area contributed by atoms with Gasteiger partial charge in [0.25, 0.3) is 0 Å². The van der Waals surface area contributed by atoms with E-state index in [9.17, 15) is 5.11 Å². The highest BCUT2D eigenvalue weighted by molar-refractivity contribution is 5.40. The topological polar surface area (TPSA) is 75.7 Å². The van der Waals surface area contributed by atoms with Gasteiger partial charge in [0.15, 0.2) is 0 Å². The molecule has 0 aliphatic rings. The number of aliphatic hydroxyl groups excluding tert-OH is 2. The van der Waals surface area contributed by atoms with Crippen molar-refractivity contribution in [2.24, 2.45) is 0 Å². The van der Waals surface area contributed by atoms with Crippen molar-refractivity contribution >= 4 is 5.69 Å². The van der Waals surface area contributed by atoms with Crippen molar-refractivity contribution in [3.8, 4) is 0 Å². The highest BCUT2D eigenvalue weighted by Crippen LogP contribution is 2.25. The van der Waals surface area contributed by atoms with E-state index in [1.807, 2.05) is 38.1 Å². The average molecular weight is 225 g/mol. The summed E-state index contributed by atoms with van der Waals surface area (Å²) in [4.78, 5) is 0. The first kappa shape index (κ1) is 13.0. The minimum absolute atomic E-state index is 0.105. The third-order valence-electron chi connectivity index (χ3n) is 2.45. The normalized spacial score (nSPS) is 13.8. The highest BCUT2D eigenvalue weighted by Gasteiger charge is 2.22. The van der Waals surface area contributed by atoms with Gasteiger partial charge in [-0.1, -0.05) is 12.1 Å². The molecule has 4 N–H and O–H groups in total. The summed E-state index contributed by atoms with van der Waals surface area (Å²) in [5, 5.41) is 17.9. The number of aliphatic hydroxyl groups is 2. The standard InChI is InChI=1S/C12H19NO3/c1-12(2,16-8-11(15)7-14)9-3-5-10(13)6-4-9/h3-6,11,14-15H,7-8,13H2,1-2H3. The molecule has 1 rings (SSSR count). The lowest BCUT2D eigenvalue weighted by molar-refractivity contribution is -0.0741. The van der Waals surface area contributed by atoms with Crippen LogP contribution in [0.15, 0.2) is 24.3 Å². The summed E-state index contributed by atoms with van der Waals surface area (Å²) in [6.45, 7) is 3.62. The number of hydrogen-bond donors (Lipinski definition) is 3. The molecule has 4 nitrogen and oxygen atoms in total. The van der Waals surface area contributed by atoms with E-state index in [-0.39, 0.29) is 13.2 Å². The molecular formula is C12H19NO3. The van der Waals surface area contributed by atoms with Crippen LogP contribution in [0.3, 0.4) is 0 Å². The lowest BCUT2D eigenvalue weighted by Crippen LogP contribution is -2.28. The van der Waals surface area contributed by atoms with Crippen LogP contribution in [-0.4, -0.2) is 29.5 Å². The minimum Gasteiger partial charge on any atom is -0.399 e. The van der Waals surface area contributed by atoms with Gasteiger partial charge in [-0.15, -0.1) is 0 Å². The summed E-state index contributed by atoms with van der Waals surface area (Å²) >= 11 is 0. The fraction of sp³-hybridized carbons (Fsp3) is 0.500. The number of hydrogen-bond acceptors (Lipinski definition) is 4. The molecule has 1 aromatic carbocycles. The van der Waals surface area contributed by atoms with E-state index in [0.717, 1.165) is 5.56 Å². The fourth-order valence-electron chi connectivity index (χ4n) is 1.33. The van der Waals surface area contributed by atoms with Gasteiger partial charge in [-0.3, -0.25) is 0 Å². The Morgan fingerprint density at radius 1 is 1.31 bits per heavy atom. The highest BCUT2D eigenvalue weighted by atomic mass is 16.5. The van der Waals surface area contributed by atoms with E-state index in [0.29, 0.717) is 5.69 Å². The summed E-state index contributed by atoms with van der Waals surface area (Å²) in [6, 6.07) is 7.40. The molecule has 0 bridgehead atoms. The van der Waals surface area contributed by atoms with Crippen molar-refractivity contribution in [3.63, 3.8) is 0 Å². The van der Waals surface area contributed by atoms with E-state index in [1.165, 1.54) is 0 Å². The Kier molecular flexibility index (Phi) is 4.29. The van der Waals surface area contributed by atoms with Gasteiger partial charge in [0.05, 0.1) is 18.8 Å². The SMILES string of the molecule is CC(C)(OCC(O)CO)c1ccc(N)cc1. The molecule has 0 radical (unpaired) electrons. The molecule has 1 unspecified atom stereocenters. The molecule has 4 heteroatoms. The molecular weight excluding hydrogens is 206 g/mol. The summed E-state index contributed by atoms with van der Waals surface area (Å²) in [6.07, 6.45) is -0.840. The van der Waals surface area contributed by atoms with Crippen LogP contribution in [-0.2, 0) is 10.3 Å². The lowest BCUT2D eigenvalue weighted by atomic mass is 9.98. The first-order valence-electron chi connectivity index (χ1n) is 5.24. The van der Waals surface area contributed by atoms with Crippen molar-refractivity contribution < 1.29 is 14.9 Å². The van der Waals surface area contributed by atoms with E-state index >= 15 is 0 Å². The molecule has 0 spiro atoms. The predicted molar refractivity (Wildman–Crippen MR) is 62.9 cm³/mol. The second-order valence-corrected chi connectivity index (χ2v) is 4.28. The van der Waals surface area contributed by atoms with Crippen molar-refractivity contribution in [2.75, 3.05) is 18.9 Å². The van der Waals surface area contributed by atoms with Gasteiger partial charge in [-0.25, -0.2) is 0 Å². The molecule has 0 amide bonds. The second kappa shape index (κ2) is 5.30. The van der Waals surface area contributed by atoms with Crippen molar-refractivity contribution in [1.82, 2.24) is 0 Å². The van der Waals surface area contributed by atoms with Gasteiger partial charge in [0.1, 0.15) is 6.10 Å². The first-order chi connectivity index (χ1) is 7.45. The zero-order chi connectivity index (χ0) is 12.2. The molecule has 1 aromatic rings. The largest absolute Gasteiger partial charge is 0.399 e. The summed E-state index contributed by atoms with van der Waals surface area (Å²) < 4.78 is 5.56. The smallest absolute Gasteiger partial charge is 0.100 e. The van der Waals surface area contributed by atoms with Gasteiger partial charge in [-0.05, 0) is 31.5 Å². The third-order valence-corrected chi connectivity index (χ3v) is 2.45. The molecule has 90 valence electrons. The molecule has 0 saturated heterocycles. The second-order valence-electron chi connectivity index (χ2n) is 4.28. The van der Waals surface area contributed by atoms with Gasteiger partial charge >= 0.3 is 0 Å². The maximum atomic E-state index is 9.22. The fourth-order valence-corrected chi connectivity index (χ4v) is 1.33. The number of nitrogen functional groups attached to an aromatic ring is 1. The molecule has 0 saturated carbocycles. The minimum atomic E-state index is -0.840. The van der Waals surface area contributed by atoms with E-state index in [2.05, 4.69) is 0 Å². The Bertz CT molecular complexity index is 322. The molecule has 16 heavy (non-hydrogen) atoms. The number of rotatable bonds is 5. The molecule has 0 fully saturated rings. The predicted octanol–water partition coefficient (Wildman–Crippen LogP) is 0.874. The number of anilines is 1. The van der Waals surface area contributed by atoms with Gasteiger partial charge in [0, 0.05) is 5.69 Å². The number of nitrogens with two attached hydrogens (primary N) is 1. The van der Waals surface area contributed by atoms with Crippen LogP contribution in [0.5, 0.6) is 0 Å². The maximum Gasteiger partial charge on any atom is 0.100 e. The Morgan fingerprint density at radius 3 is 2.38 bits per heavy atom. The van der Waals surface area contributed by atoms with Crippen LogP contribution in [0.1, 0.15) is 19.4 Å². The Labute approximate surface area is 95.7 Å². The zero-order valence-electron chi connectivity index (χ0n) is 9.68. The third kappa shape index (κ3) is 3.48.